The Kier molecular flexibility index (Phi) is 12.2. The Bertz CT molecular complexity index is 2270. The highest BCUT2D eigenvalue weighted by Gasteiger charge is 2.79. The summed E-state index contributed by atoms with van der Waals surface area (Å²) >= 11 is 0. The molecule has 7 aliphatic rings. The smallest absolute Gasteiger partial charge is 0.408 e. The van der Waals surface area contributed by atoms with Gasteiger partial charge in [-0.05, 0) is 63.0 Å². The number of esters is 3. The van der Waals surface area contributed by atoms with Crippen molar-refractivity contribution in [2.45, 2.75) is 159 Å². The maximum absolute atomic E-state index is 14.6. The lowest BCUT2D eigenvalue weighted by Crippen LogP contribution is -2.82. The van der Waals surface area contributed by atoms with Crippen molar-refractivity contribution in [3.05, 3.63) is 82.9 Å². The van der Waals surface area contributed by atoms with Crippen molar-refractivity contribution in [2.24, 2.45) is 16.7 Å². The number of morpholine rings is 1. The lowest BCUT2D eigenvalue weighted by atomic mass is 9.44. The molecular weight excluding hydrogens is 869 g/mol. The summed E-state index contributed by atoms with van der Waals surface area (Å²) in [6.07, 6.45) is -10.1. The maximum Gasteiger partial charge on any atom is 0.408 e. The molecule has 4 heterocycles. The molecule has 2 aromatic carbocycles. The Balaban J connectivity index is 1.18. The number of ether oxygens (including phenoxy) is 8. The van der Waals surface area contributed by atoms with Crippen LogP contribution in [0.5, 0.6) is 0 Å². The first-order chi connectivity index (χ1) is 31.6. The van der Waals surface area contributed by atoms with Crippen LogP contribution in [0.2, 0.25) is 0 Å². The van der Waals surface area contributed by atoms with Gasteiger partial charge in [0.25, 0.3) is 0 Å². The van der Waals surface area contributed by atoms with Crippen LogP contribution in [-0.4, -0.2) is 148 Å². The summed E-state index contributed by atoms with van der Waals surface area (Å²) in [6, 6.07) is 15.5. The van der Waals surface area contributed by atoms with Crippen LogP contribution in [0.15, 0.2) is 71.8 Å². The summed E-state index contributed by atoms with van der Waals surface area (Å²) in [5.41, 5.74) is -5.94. The molecule has 1 amide bonds. The van der Waals surface area contributed by atoms with E-state index < -0.39 is 113 Å². The second kappa shape index (κ2) is 17.2. The molecule has 6 fully saturated rings. The van der Waals surface area contributed by atoms with Gasteiger partial charge in [-0.2, -0.15) is 0 Å². The number of hydrogen-bond acceptors (Lipinski definition) is 16. The van der Waals surface area contributed by atoms with Gasteiger partial charge in [-0.25, -0.2) is 14.4 Å². The number of nitrogens with zero attached hydrogens (tertiary/aromatic N) is 1. The molecule has 9 rings (SSSR count). The third-order valence-corrected chi connectivity index (χ3v) is 15.7. The Morgan fingerprint density at radius 3 is 2.24 bits per heavy atom. The van der Waals surface area contributed by atoms with Crippen LogP contribution in [0.4, 0.5) is 4.79 Å². The van der Waals surface area contributed by atoms with E-state index in [0.29, 0.717) is 36.4 Å². The monoisotopic (exact) mass is 932 g/mol. The van der Waals surface area contributed by atoms with E-state index >= 15 is 0 Å². The Morgan fingerprint density at radius 1 is 0.955 bits per heavy atom. The number of carbonyl (C=O) groups excluding carboxylic acids is 4. The van der Waals surface area contributed by atoms with Gasteiger partial charge < -0.3 is 58.5 Å². The SMILES string of the molecule is CC(=O)O[C@@]12COC1CC(O)[C@@]1(C)C3OC(CN4CC5CC4CO5)OC3C3=C(C)C(OC(=O)C(O)C(NC(=O)OC(C)(C)C)c4ccccc4)C[C@@](O)([C@@H](OC(=O)c4ccccc4)[C@@H]12)C3(C)C. The number of carbonyl (C=O) groups is 4. The van der Waals surface area contributed by atoms with Crippen LogP contribution in [0.3, 0.4) is 0 Å². The first-order valence-electron chi connectivity index (χ1n) is 23.4. The third kappa shape index (κ3) is 8.06. The molecule has 4 saturated heterocycles. The minimum absolute atomic E-state index is 0.0297. The normalized spacial score (nSPS) is 38.1. The number of fused-ring (bicyclic) bond motifs is 10. The van der Waals surface area contributed by atoms with E-state index in [1.165, 1.54) is 6.92 Å². The Morgan fingerprint density at radius 2 is 1.64 bits per heavy atom. The first kappa shape index (κ1) is 47.6. The Hall–Kier alpha value is -4.46. The van der Waals surface area contributed by atoms with E-state index in [9.17, 15) is 34.5 Å². The zero-order chi connectivity index (χ0) is 48.0. The van der Waals surface area contributed by atoms with Crippen molar-refractivity contribution in [1.29, 1.82) is 0 Å². The van der Waals surface area contributed by atoms with Gasteiger partial charge >= 0.3 is 24.0 Å². The van der Waals surface area contributed by atoms with Gasteiger partial charge in [-0.1, -0.05) is 69.3 Å². The molecule has 67 heavy (non-hydrogen) atoms. The molecule has 364 valence electrons. The van der Waals surface area contributed by atoms with E-state index in [-0.39, 0.29) is 37.2 Å². The molecule has 17 heteroatoms. The van der Waals surface area contributed by atoms with E-state index in [1.54, 1.807) is 102 Å². The minimum atomic E-state index is -2.19. The van der Waals surface area contributed by atoms with Crippen LogP contribution >= 0.6 is 0 Å². The number of benzene rings is 2. The molecule has 4 aliphatic heterocycles. The largest absolute Gasteiger partial charge is 0.456 e. The highest BCUT2D eigenvalue weighted by molar-refractivity contribution is 5.89. The molecule has 0 aromatic heterocycles. The summed E-state index contributed by atoms with van der Waals surface area (Å²) in [6.45, 7) is 15.0. The third-order valence-electron chi connectivity index (χ3n) is 15.7. The number of nitrogens with one attached hydrogen (secondary N) is 1. The van der Waals surface area contributed by atoms with Crippen molar-refractivity contribution >= 4 is 24.0 Å². The van der Waals surface area contributed by atoms with E-state index in [2.05, 4.69) is 10.2 Å². The summed E-state index contributed by atoms with van der Waals surface area (Å²) < 4.78 is 50.9. The van der Waals surface area contributed by atoms with Crippen molar-refractivity contribution in [2.75, 3.05) is 26.3 Å². The van der Waals surface area contributed by atoms with Crippen LogP contribution in [0.1, 0.15) is 96.6 Å². The summed E-state index contributed by atoms with van der Waals surface area (Å²) in [4.78, 5) is 57.8. The van der Waals surface area contributed by atoms with Crippen LogP contribution in [0.25, 0.3) is 0 Å². The molecule has 2 saturated carbocycles. The molecule has 15 atom stereocenters. The standard InChI is InChI=1S/C50H64N2O15/c1-26-32(62-44(57)38(55)37(28-15-11-9-12-16-28)51-45(58)67-46(3,4)5)21-50(59)42(65-43(56)29-17-13-10-14-18-29)40-48(8,33(54)20-34-49(40,25-61-34)66-27(2)53)41-39(36(26)47(50,6)7)63-35(64-41)23-52-22-31-19-30(52)24-60-31/h9-18,30-35,37-42,54-55,59H,19-25H2,1-8H3,(H,51,58)/t30?,31?,32?,33?,34?,35?,37?,38?,39?,40-,41?,42-,48+,49-,50+/m0/s1. The maximum atomic E-state index is 14.6. The average molecular weight is 933 g/mol. The van der Waals surface area contributed by atoms with Crippen LogP contribution < -0.4 is 5.32 Å². The average Bonchev–Trinajstić information content (AvgIpc) is 4.01. The van der Waals surface area contributed by atoms with Crippen molar-refractivity contribution < 1.29 is 72.4 Å². The quantitative estimate of drug-likeness (QED) is 0.151. The van der Waals surface area contributed by atoms with Gasteiger partial charge in [0, 0.05) is 43.2 Å². The lowest BCUT2D eigenvalue weighted by Gasteiger charge is -2.68. The summed E-state index contributed by atoms with van der Waals surface area (Å²) in [5, 5.41) is 41.2. The van der Waals surface area contributed by atoms with Crippen molar-refractivity contribution in [3.8, 4) is 0 Å². The van der Waals surface area contributed by atoms with Gasteiger partial charge in [0.1, 0.15) is 35.6 Å². The number of hydrogen-bond donors (Lipinski definition) is 4. The van der Waals surface area contributed by atoms with Gasteiger partial charge in [-0.15, -0.1) is 0 Å². The highest BCUT2D eigenvalue weighted by atomic mass is 16.7. The van der Waals surface area contributed by atoms with Gasteiger partial charge in [0.2, 0.25) is 0 Å². The summed E-state index contributed by atoms with van der Waals surface area (Å²) in [7, 11) is 0. The molecule has 4 N–H and O–H groups in total. The molecule has 17 nitrogen and oxygen atoms in total. The number of aliphatic hydroxyl groups is 3. The second-order valence-electron chi connectivity index (χ2n) is 21.2. The van der Waals surface area contributed by atoms with Gasteiger partial charge in [-0.3, -0.25) is 9.69 Å². The molecule has 4 bridgehead atoms. The fourth-order valence-electron chi connectivity index (χ4n) is 12.4. The number of aliphatic hydroxyl groups excluding tert-OH is 2. The zero-order valence-electron chi connectivity index (χ0n) is 39.3. The number of rotatable bonds is 10. The second-order valence-corrected chi connectivity index (χ2v) is 21.2. The fraction of sp³-hybridized carbons (Fsp3) is 0.640. The van der Waals surface area contributed by atoms with Crippen molar-refractivity contribution in [1.82, 2.24) is 10.2 Å². The lowest BCUT2D eigenvalue weighted by molar-refractivity contribution is -0.362. The highest BCUT2D eigenvalue weighted by Crippen LogP contribution is 2.67. The zero-order valence-corrected chi connectivity index (χ0v) is 39.3. The predicted molar refractivity (Wildman–Crippen MR) is 236 cm³/mol. The van der Waals surface area contributed by atoms with E-state index in [4.69, 9.17) is 37.9 Å². The fourth-order valence-corrected chi connectivity index (χ4v) is 12.4. The molecular formula is C50H64N2O15. The van der Waals surface area contributed by atoms with Crippen molar-refractivity contribution in [3.63, 3.8) is 0 Å². The number of amides is 1. The first-order valence-corrected chi connectivity index (χ1v) is 23.4. The molecule has 10 unspecified atom stereocenters. The Labute approximate surface area is 390 Å². The topological polar surface area (TPSA) is 218 Å². The number of likely N-dealkylation sites (tertiary alicyclic amines) is 1. The molecule has 3 aliphatic carbocycles. The van der Waals surface area contributed by atoms with Crippen LogP contribution in [-0.2, 0) is 47.5 Å². The minimum Gasteiger partial charge on any atom is -0.456 e. The van der Waals surface area contributed by atoms with Crippen LogP contribution in [0, 0.1) is 16.7 Å². The summed E-state index contributed by atoms with van der Waals surface area (Å²) in [5.74, 6) is -3.78. The molecule has 2 aromatic rings. The van der Waals surface area contributed by atoms with Gasteiger partial charge in [0.15, 0.2) is 18.0 Å². The van der Waals surface area contributed by atoms with E-state index in [0.717, 1.165) is 6.42 Å². The molecule has 0 spiro atoms. The number of alkyl carbamates (subject to hydrolysis) is 1. The molecule has 0 radical (unpaired) electrons. The van der Waals surface area contributed by atoms with Gasteiger partial charge in [0.05, 0.1) is 55.6 Å². The predicted octanol–water partition coefficient (Wildman–Crippen LogP) is 3.91. The van der Waals surface area contributed by atoms with E-state index in [1.807, 2.05) is 6.92 Å².